The highest BCUT2D eigenvalue weighted by Gasteiger charge is 2.33. The summed E-state index contributed by atoms with van der Waals surface area (Å²) < 4.78 is 0. The zero-order chi connectivity index (χ0) is 19.4. The minimum atomic E-state index is -0.766. The molecule has 1 N–H and O–H groups in total. The predicted octanol–water partition coefficient (Wildman–Crippen LogP) is 2.56. The van der Waals surface area contributed by atoms with Crippen LogP contribution in [0.2, 0.25) is 0 Å². The second-order valence-corrected chi connectivity index (χ2v) is 7.82. The second kappa shape index (κ2) is 8.55. The molecule has 0 radical (unpaired) electrons. The number of likely N-dealkylation sites (tertiary alicyclic amines) is 2. The lowest BCUT2D eigenvalue weighted by atomic mass is 9.91. The molecule has 6 heteroatoms. The molecule has 146 valence electrons. The maximum absolute atomic E-state index is 12.9. The first-order valence-electron chi connectivity index (χ1n) is 9.80. The number of aliphatic carboxylic acids is 1. The zero-order valence-corrected chi connectivity index (χ0v) is 15.9. The molecule has 27 heavy (non-hydrogen) atoms. The summed E-state index contributed by atoms with van der Waals surface area (Å²) in [6, 6.07) is 7.55. The number of carboxylic acid groups (broad SMARTS) is 1. The number of amides is 2. The van der Waals surface area contributed by atoms with Crippen molar-refractivity contribution in [1.82, 2.24) is 9.80 Å². The molecule has 0 aromatic heterocycles. The largest absolute Gasteiger partial charge is 0.481 e. The van der Waals surface area contributed by atoms with Crippen LogP contribution in [0.25, 0.3) is 0 Å². The number of piperidine rings is 2. The molecule has 0 bridgehead atoms. The third-order valence-electron chi connectivity index (χ3n) is 5.75. The quantitative estimate of drug-likeness (QED) is 0.881. The maximum atomic E-state index is 12.9. The monoisotopic (exact) mass is 372 g/mol. The average molecular weight is 372 g/mol. The smallest absolute Gasteiger partial charge is 0.303 e. The van der Waals surface area contributed by atoms with Gasteiger partial charge in [0.25, 0.3) is 5.91 Å². The van der Waals surface area contributed by atoms with Crippen LogP contribution in [0, 0.1) is 18.8 Å². The SMILES string of the molecule is Cc1ccc(C(=O)N2CCCC(C(=O)N3CCC(CC(=O)O)CC3)C2)cc1. The van der Waals surface area contributed by atoms with Crippen LogP contribution in [0.3, 0.4) is 0 Å². The third kappa shape index (κ3) is 4.87. The van der Waals surface area contributed by atoms with Crippen molar-refractivity contribution < 1.29 is 19.5 Å². The van der Waals surface area contributed by atoms with Crippen LogP contribution in [-0.4, -0.2) is 58.9 Å². The fraction of sp³-hybridized carbons (Fsp3) is 0.571. The van der Waals surface area contributed by atoms with Gasteiger partial charge in [-0.15, -0.1) is 0 Å². The Balaban J connectivity index is 1.56. The molecule has 3 rings (SSSR count). The van der Waals surface area contributed by atoms with Crippen LogP contribution in [0.5, 0.6) is 0 Å². The van der Waals surface area contributed by atoms with Crippen molar-refractivity contribution in [2.75, 3.05) is 26.2 Å². The molecule has 1 unspecified atom stereocenters. The van der Waals surface area contributed by atoms with E-state index >= 15 is 0 Å². The molecular formula is C21H28N2O4. The molecule has 6 nitrogen and oxygen atoms in total. The van der Waals surface area contributed by atoms with Gasteiger partial charge in [0.15, 0.2) is 0 Å². The molecule has 2 amide bonds. The molecule has 2 saturated heterocycles. The van der Waals surface area contributed by atoms with Gasteiger partial charge in [0.2, 0.25) is 5.91 Å². The van der Waals surface area contributed by atoms with Gasteiger partial charge in [-0.3, -0.25) is 14.4 Å². The number of aryl methyl sites for hydroxylation is 1. The van der Waals surface area contributed by atoms with Crippen LogP contribution < -0.4 is 0 Å². The Labute approximate surface area is 160 Å². The molecule has 2 aliphatic rings. The Morgan fingerprint density at radius 3 is 2.30 bits per heavy atom. The van der Waals surface area contributed by atoms with Crippen molar-refractivity contribution in [1.29, 1.82) is 0 Å². The van der Waals surface area contributed by atoms with E-state index in [-0.39, 0.29) is 30.1 Å². The Kier molecular flexibility index (Phi) is 6.14. The lowest BCUT2D eigenvalue weighted by molar-refractivity contribution is -0.140. The van der Waals surface area contributed by atoms with Gasteiger partial charge in [-0.25, -0.2) is 0 Å². The highest BCUT2D eigenvalue weighted by atomic mass is 16.4. The van der Waals surface area contributed by atoms with Gasteiger partial charge in [0.1, 0.15) is 0 Å². The molecule has 2 aliphatic heterocycles. The van der Waals surface area contributed by atoms with Gasteiger partial charge in [-0.2, -0.15) is 0 Å². The van der Waals surface area contributed by atoms with Gasteiger partial charge in [0.05, 0.1) is 5.92 Å². The van der Waals surface area contributed by atoms with Crippen LogP contribution in [0.1, 0.15) is 48.0 Å². The van der Waals surface area contributed by atoms with E-state index in [4.69, 9.17) is 5.11 Å². The maximum Gasteiger partial charge on any atom is 0.303 e. The van der Waals surface area contributed by atoms with Gasteiger partial charge < -0.3 is 14.9 Å². The summed E-state index contributed by atoms with van der Waals surface area (Å²) in [5.41, 5.74) is 1.78. The Hall–Kier alpha value is -2.37. The summed E-state index contributed by atoms with van der Waals surface area (Å²) in [6.45, 7) is 4.40. The van der Waals surface area contributed by atoms with Crippen LogP contribution >= 0.6 is 0 Å². The van der Waals surface area contributed by atoms with E-state index in [0.29, 0.717) is 31.7 Å². The van der Waals surface area contributed by atoms with E-state index in [9.17, 15) is 14.4 Å². The van der Waals surface area contributed by atoms with Crippen molar-refractivity contribution in [3.05, 3.63) is 35.4 Å². The first-order valence-corrected chi connectivity index (χ1v) is 9.80. The molecule has 1 aromatic rings. The predicted molar refractivity (Wildman–Crippen MR) is 101 cm³/mol. The topological polar surface area (TPSA) is 77.9 Å². The van der Waals surface area contributed by atoms with E-state index in [1.165, 1.54) is 0 Å². The minimum absolute atomic E-state index is 0.00679. The zero-order valence-electron chi connectivity index (χ0n) is 15.9. The molecular weight excluding hydrogens is 344 g/mol. The number of hydrogen-bond acceptors (Lipinski definition) is 3. The van der Waals surface area contributed by atoms with Crippen molar-refractivity contribution in [3.63, 3.8) is 0 Å². The molecule has 0 spiro atoms. The van der Waals surface area contributed by atoms with Gasteiger partial charge in [0, 0.05) is 38.2 Å². The summed E-state index contributed by atoms with van der Waals surface area (Å²) in [5.74, 6) is -0.642. The van der Waals surface area contributed by atoms with Crippen molar-refractivity contribution in [2.45, 2.75) is 39.0 Å². The number of benzene rings is 1. The van der Waals surface area contributed by atoms with Gasteiger partial charge in [-0.1, -0.05) is 17.7 Å². The first kappa shape index (κ1) is 19.4. The summed E-state index contributed by atoms with van der Waals surface area (Å²) in [7, 11) is 0. The van der Waals surface area contributed by atoms with Gasteiger partial charge in [-0.05, 0) is 50.7 Å². The fourth-order valence-electron chi connectivity index (χ4n) is 4.10. The van der Waals surface area contributed by atoms with E-state index in [2.05, 4.69) is 0 Å². The van der Waals surface area contributed by atoms with Crippen LogP contribution in [-0.2, 0) is 9.59 Å². The molecule has 2 fully saturated rings. The first-order chi connectivity index (χ1) is 12.9. The minimum Gasteiger partial charge on any atom is -0.481 e. The highest BCUT2D eigenvalue weighted by Crippen LogP contribution is 2.25. The molecule has 0 aliphatic carbocycles. The lowest BCUT2D eigenvalue weighted by Gasteiger charge is -2.37. The number of nitrogens with zero attached hydrogens (tertiary/aromatic N) is 2. The number of carboxylic acids is 1. The van der Waals surface area contributed by atoms with Crippen LogP contribution in [0.4, 0.5) is 0 Å². The van der Waals surface area contributed by atoms with Gasteiger partial charge >= 0.3 is 5.97 Å². The highest BCUT2D eigenvalue weighted by molar-refractivity contribution is 5.94. The van der Waals surface area contributed by atoms with E-state index < -0.39 is 5.97 Å². The Morgan fingerprint density at radius 1 is 1.00 bits per heavy atom. The summed E-state index contributed by atoms with van der Waals surface area (Å²) in [4.78, 5) is 40.2. The summed E-state index contributed by atoms with van der Waals surface area (Å²) in [6.07, 6.45) is 3.33. The summed E-state index contributed by atoms with van der Waals surface area (Å²) in [5, 5.41) is 8.92. The Bertz CT molecular complexity index is 693. The average Bonchev–Trinajstić information content (AvgIpc) is 2.68. The third-order valence-corrected chi connectivity index (χ3v) is 5.75. The van der Waals surface area contributed by atoms with Crippen molar-refractivity contribution in [3.8, 4) is 0 Å². The lowest BCUT2D eigenvalue weighted by Crippen LogP contribution is -2.48. The number of rotatable bonds is 4. The molecule has 0 saturated carbocycles. The van der Waals surface area contributed by atoms with Crippen LogP contribution in [0.15, 0.2) is 24.3 Å². The normalized spacial score (nSPS) is 21.1. The number of hydrogen-bond donors (Lipinski definition) is 1. The number of carbonyl (C=O) groups is 3. The fourth-order valence-corrected chi connectivity index (χ4v) is 4.10. The molecule has 1 atom stereocenters. The van der Waals surface area contributed by atoms with Crippen molar-refractivity contribution >= 4 is 17.8 Å². The number of carbonyl (C=O) groups excluding carboxylic acids is 2. The summed E-state index contributed by atoms with van der Waals surface area (Å²) >= 11 is 0. The van der Waals surface area contributed by atoms with E-state index in [1.807, 2.05) is 36.1 Å². The second-order valence-electron chi connectivity index (χ2n) is 7.82. The van der Waals surface area contributed by atoms with Crippen molar-refractivity contribution in [2.24, 2.45) is 11.8 Å². The van der Waals surface area contributed by atoms with E-state index in [1.54, 1.807) is 4.90 Å². The Morgan fingerprint density at radius 2 is 1.67 bits per heavy atom. The van der Waals surface area contributed by atoms with E-state index in [0.717, 1.165) is 31.2 Å². The standard InChI is InChI=1S/C21H28N2O4/c1-15-4-6-17(7-5-15)20(26)23-10-2-3-18(14-23)21(27)22-11-8-16(9-12-22)13-19(24)25/h4-7,16,18H,2-3,8-14H2,1H3,(H,24,25). The molecule has 1 aromatic carbocycles. The molecule has 2 heterocycles.